The van der Waals surface area contributed by atoms with Gasteiger partial charge in [-0.3, -0.25) is 0 Å². The summed E-state index contributed by atoms with van der Waals surface area (Å²) in [5.74, 6) is 1.85. The predicted molar refractivity (Wildman–Crippen MR) is 134 cm³/mol. The molecule has 0 N–H and O–H groups in total. The fraction of sp³-hybridized carbons (Fsp3) is 0.556. The van der Waals surface area contributed by atoms with Crippen molar-refractivity contribution in [2.45, 2.75) is 84.7 Å². The van der Waals surface area contributed by atoms with E-state index in [1.165, 1.54) is 33.6 Å². The number of para-hydroxylation sites is 2. The lowest BCUT2D eigenvalue weighted by Gasteiger charge is -2.35. The van der Waals surface area contributed by atoms with Gasteiger partial charge in [0, 0.05) is 24.5 Å². The normalized spacial score (nSPS) is 15.5. The van der Waals surface area contributed by atoms with Crippen LogP contribution in [-0.4, -0.2) is 18.7 Å². The lowest BCUT2D eigenvalue weighted by Crippen LogP contribution is -2.36. The van der Waals surface area contributed by atoms with E-state index in [1.54, 1.807) is 0 Å². The van der Waals surface area contributed by atoms with Gasteiger partial charge in [-0.1, -0.05) is 103 Å². The van der Waals surface area contributed by atoms with Crippen LogP contribution in [0.25, 0.3) is 0 Å². The van der Waals surface area contributed by atoms with Gasteiger partial charge in [-0.25, -0.2) is 0 Å². The highest BCUT2D eigenvalue weighted by Crippen LogP contribution is 2.43. The minimum Gasteiger partial charge on any atom is -0.336 e. The van der Waals surface area contributed by atoms with Gasteiger partial charge in [0.2, 0.25) is 0 Å². The highest BCUT2D eigenvalue weighted by atomic mass is 35.5. The lowest BCUT2D eigenvalue weighted by molar-refractivity contribution is 0.777. The van der Waals surface area contributed by atoms with E-state index < -0.39 is 0 Å². The van der Waals surface area contributed by atoms with Crippen molar-refractivity contribution < 1.29 is 0 Å². The Bertz CT molecular complexity index is 745. The second-order valence-corrected chi connectivity index (χ2v) is 10.3. The Morgan fingerprint density at radius 1 is 0.600 bits per heavy atom. The molecule has 0 radical (unpaired) electrons. The summed E-state index contributed by atoms with van der Waals surface area (Å²) in [6.45, 7) is 20.2. The fourth-order valence-electron chi connectivity index (χ4n) is 4.72. The summed E-state index contributed by atoms with van der Waals surface area (Å²) in [6, 6.07) is 13.5. The van der Waals surface area contributed by atoms with Crippen molar-refractivity contribution in [2.24, 2.45) is 0 Å². The van der Waals surface area contributed by atoms with Crippen molar-refractivity contribution in [3.8, 4) is 0 Å². The van der Waals surface area contributed by atoms with Crippen LogP contribution in [0, 0.1) is 0 Å². The minimum atomic E-state index is -0.181. The molecule has 3 rings (SSSR count). The molecule has 0 unspecified atom stereocenters. The van der Waals surface area contributed by atoms with Crippen molar-refractivity contribution in [3.05, 3.63) is 58.7 Å². The Morgan fingerprint density at radius 2 is 0.867 bits per heavy atom. The monoisotopic (exact) mass is 426 g/mol. The van der Waals surface area contributed by atoms with Gasteiger partial charge >= 0.3 is 0 Å². The number of anilines is 2. The molecule has 2 nitrogen and oxygen atoms in total. The van der Waals surface area contributed by atoms with Crippen LogP contribution >= 0.6 is 11.6 Å². The summed E-state index contributed by atoms with van der Waals surface area (Å²) >= 11 is 7.27. The molecule has 3 heteroatoms. The Kier molecular flexibility index (Phi) is 7.07. The third-order valence-corrected chi connectivity index (χ3v) is 6.83. The summed E-state index contributed by atoms with van der Waals surface area (Å²) in [7, 11) is 0. The summed E-state index contributed by atoms with van der Waals surface area (Å²) in [5, 5.41) is 0. The molecule has 0 bridgehead atoms. The van der Waals surface area contributed by atoms with Gasteiger partial charge in [0.25, 0.3) is 0 Å². The first-order valence-corrected chi connectivity index (χ1v) is 12.0. The van der Waals surface area contributed by atoms with Gasteiger partial charge in [-0.05, 0) is 45.9 Å². The van der Waals surface area contributed by atoms with Gasteiger partial charge in [0.05, 0.1) is 0 Å². The molecule has 0 aromatic heterocycles. The minimum absolute atomic E-state index is 0.181. The number of hydrogen-bond donors (Lipinski definition) is 0. The Labute approximate surface area is 189 Å². The van der Waals surface area contributed by atoms with Gasteiger partial charge in [-0.15, -0.1) is 0 Å². The average molecular weight is 427 g/mol. The molecule has 164 valence electrons. The van der Waals surface area contributed by atoms with Gasteiger partial charge in [0.1, 0.15) is 0 Å². The molecule has 0 amide bonds. The van der Waals surface area contributed by atoms with Crippen molar-refractivity contribution in [1.29, 1.82) is 0 Å². The van der Waals surface area contributed by atoms with E-state index in [1.807, 2.05) is 0 Å². The fourth-order valence-corrected chi connectivity index (χ4v) is 5.11. The molecular weight excluding hydrogens is 388 g/mol. The van der Waals surface area contributed by atoms with Crippen molar-refractivity contribution in [1.82, 2.24) is 0 Å². The maximum absolute atomic E-state index is 7.27. The first kappa shape index (κ1) is 23.0. The number of rotatable bonds is 6. The zero-order valence-electron chi connectivity index (χ0n) is 20.0. The summed E-state index contributed by atoms with van der Waals surface area (Å²) in [6.07, 6.45) is 0. The van der Waals surface area contributed by atoms with E-state index in [0.29, 0.717) is 23.7 Å². The summed E-state index contributed by atoms with van der Waals surface area (Å²) in [4.78, 5) is 4.88. The number of nitrogens with zero attached hydrogens (tertiary/aromatic N) is 2. The first-order chi connectivity index (χ1) is 14.1. The van der Waals surface area contributed by atoms with Gasteiger partial charge in [0.15, 0.2) is 5.62 Å². The first-order valence-electron chi connectivity index (χ1n) is 11.6. The molecule has 1 saturated heterocycles. The van der Waals surface area contributed by atoms with Crippen LogP contribution in [0.2, 0.25) is 0 Å². The lowest BCUT2D eigenvalue weighted by atomic mass is 9.92. The van der Waals surface area contributed by atoms with Crippen LogP contribution < -0.4 is 9.80 Å². The molecule has 0 aliphatic carbocycles. The van der Waals surface area contributed by atoms with Crippen LogP contribution in [0.1, 0.15) is 101 Å². The van der Waals surface area contributed by atoms with Crippen LogP contribution in [0.15, 0.2) is 36.4 Å². The van der Waals surface area contributed by atoms with Crippen molar-refractivity contribution >= 4 is 23.0 Å². The third-order valence-electron chi connectivity index (χ3n) is 6.36. The molecule has 1 aliphatic rings. The zero-order valence-corrected chi connectivity index (χ0v) is 20.8. The van der Waals surface area contributed by atoms with Crippen molar-refractivity contribution in [3.63, 3.8) is 0 Å². The molecule has 2 aromatic carbocycles. The number of hydrogen-bond acceptors (Lipinski definition) is 2. The Hall–Kier alpha value is -1.67. The molecule has 0 saturated carbocycles. The van der Waals surface area contributed by atoms with E-state index in [-0.39, 0.29) is 5.62 Å². The largest absolute Gasteiger partial charge is 0.336 e. The topological polar surface area (TPSA) is 6.48 Å². The Morgan fingerprint density at radius 3 is 1.10 bits per heavy atom. The van der Waals surface area contributed by atoms with Gasteiger partial charge in [-0.2, -0.15) is 0 Å². The quantitative estimate of drug-likeness (QED) is 0.340. The van der Waals surface area contributed by atoms with Crippen LogP contribution in [0.4, 0.5) is 11.4 Å². The smallest absolute Gasteiger partial charge is 0.180 e. The van der Waals surface area contributed by atoms with E-state index >= 15 is 0 Å². The molecule has 1 heterocycles. The number of alkyl halides is 1. The third kappa shape index (κ3) is 4.21. The summed E-state index contributed by atoms with van der Waals surface area (Å²) < 4.78 is 0. The van der Waals surface area contributed by atoms with Crippen molar-refractivity contribution in [2.75, 3.05) is 22.9 Å². The molecule has 1 fully saturated rings. The number of benzene rings is 2. The predicted octanol–water partition coefficient (Wildman–Crippen LogP) is 8.03. The van der Waals surface area contributed by atoms with E-state index in [2.05, 4.69) is 102 Å². The standard InChI is InChI=1S/C27H39ClN2/c1-17(2)21-11-9-12-22(18(3)4)25(21)29-15-16-30(27(29)28)26-23(19(5)6)13-10-14-24(26)20(7)8/h9-14,17-20,27H,15-16H2,1-8H3. The maximum atomic E-state index is 7.27. The van der Waals surface area contributed by atoms with Crippen LogP contribution in [0.3, 0.4) is 0 Å². The second-order valence-electron chi connectivity index (χ2n) is 9.89. The van der Waals surface area contributed by atoms with Gasteiger partial charge < -0.3 is 9.80 Å². The SMILES string of the molecule is CC(C)c1cccc(C(C)C)c1N1CCN(c2c(C(C)C)cccc2C(C)C)C1Cl. The zero-order chi connectivity index (χ0) is 22.2. The highest BCUT2D eigenvalue weighted by molar-refractivity contribution is 6.23. The number of halogens is 1. The van der Waals surface area contributed by atoms with E-state index in [0.717, 1.165) is 13.1 Å². The average Bonchev–Trinajstić information content (AvgIpc) is 3.07. The van der Waals surface area contributed by atoms with Crippen LogP contribution in [0.5, 0.6) is 0 Å². The molecule has 0 spiro atoms. The Balaban J connectivity index is 2.11. The second kappa shape index (κ2) is 9.22. The van der Waals surface area contributed by atoms with E-state index in [9.17, 15) is 0 Å². The van der Waals surface area contributed by atoms with E-state index in [4.69, 9.17) is 11.6 Å². The highest BCUT2D eigenvalue weighted by Gasteiger charge is 2.36. The molecule has 1 aliphatic heterocycles. The summed E-state index contributed by atoms with van der Waals surface area (Å²) in [5.41, 5.74) is 8.10. The van der Waals surface area contributed by atoms with Crippen LogP contribution in [-0.2, 0) is 0 Å². The molecule has 30 heavy (non-hydrogen) atoms. The molecule has 2 aromatic rings. The molecule has 0 atom stereocenters. The maximum Gasteiger partial charge on any atom is 0.180 e. The molecular formula is C27H39ClN2.